The molecule has 21 heteroatoms. The number of pyridine rings is 3. The summed E-state index contributed by atoms with van der Waals surface area (Å²) in [5.74, 6) is -0.299. The van der Waals surface area contributed by atoms with Gasteiger partial charge >= 0.3 is 5.97 Å². The van der Waals surface area contributed by atoms with E-state index in [1.807, 2.05) is 6.07 Å². The summed E-state index contributed by atoms with van der Waals surface area (Å²) < 4.78 is 0. The van der Waals surface area contributed by atoms with Crippen molar-refractivity contribution in [2.75, 3.05) is 0 Å². The van der Waals surface area contributed by atoms with E-state index in [1.54, 1.807) is 48.5 Å². The summed E-state index contributed by atoms with van der Waals surface area (Å²) in [6.07, 6.45) is 17.7. The minimum atomic E-state index is -1.03. The normalized spacial score (nSPS) is 16.0. The molecule has 3 aliphatic carbocycles. The van der Waals surface area contributed by atoms with Crippen LogP contribution in [0, 0.1) is 17.8 Å². The first-order valence-electron chi connectivity index (χ1n) is 24.6. The average molecular weight is 1090 g/mol. The highest BCUT2D eigenvalue weighted by Crippen LogP contribution is 2.34. The highest BCUT2D eigenvalue weighted by molar-refractivity contribution is 6.39. The number of hydrogen-bond acceptors (Lipinski definition) is 9. The zero-order chi connectivity index (χ0) is 53.2. The van der Waals surface area contributed by atoms with Crippen molar-refractivity contribution >= 4 is 126 Å². The lowest BCUT2D eigenvalue weighted by molar-refractivity contribution is -0.140. The third kappa shape index (κ3) is 13.8. The summed E-state index contributed by atoms with van der Waals surface area (Å²) in [6, 6.07) is 14.9. The van der Waals surface area contributed by atoms with E-state index in [9.17, 15) is 24.3 Å². The number of amides is 3. The number of carbonyl (C=O) groups excluding carboxylic acids is 3. The van der Waals surface area contributed by atoms with Gasteiger partial charge in [-0.15, -0.1) is 0 Å². The molecule has 3 aromatic heterocycles. The number of aromatic nitrogens is 3. The van der Waals surface area contributed by atoms with Gasteiger partial charge < -0.3 is 44.0 Å². The van der Waals surface area contributed by atoms with Crippen LogP contribution in [0.1, 0.15) is 122 Å². The number of rotatable bonds is 12. The molecule has 9 rings (SSSR count). The Bertz CT molecular complexity index is 3110. The van der Waals surface area contributed by atoms with Crippen LogP contribution >= 0.6 is 46.4 Å². The number of carboxylic acids is 1. The van der Waals surface area contributed by atoms with Crippen molar-refractivity contribution in [2.24, 2.45) is 50.7 Å². The van der Waals surface area contributed by atoms with Gasteiger partial charge in [0, 0.05) is 79.7 Å². The van der Waals surface area contributed by atoms with Crippen molar-refractivity contribution in [3.63, 3.8) is 0 Å². The zero-order valence-electron chi connectivity index (χ0n) is 41.0. The Morgan fingerprint density at radius 3 is 1.23 bits per heavy atom. The number of nitrogens with one attached hydrogen (secondary N) is 3. The smallest absolute Gasteiger partial charge is 0.326 e. The Kier molecular flexibility index (Phi) is 18.8. The molecule has 0 aliphatic heterocycles. The monoisotopic (exact) mass is 1080 g/mol. The van der Waals surface area contributed by atoms with E-state index in [1.165, 1.54) is 70.0 Å². The van der Waals surface area contributed by atoms with E-state index in [-0.39, 0.29) is 53.1 Å². The second-order valence-electron chi connectivity index (χ2n) is 19.1. The minimum absolute atomic E-state index is 0.0554. The molecule has 3 unspecified atom stereocenters. The molecule has 12 N–H and O–H groups in total. The Morgan fingerprint density at radius 1 is 0.514 bits per heavy atom. The standard InChI is InChI=1S/C18H20ClN5O3.C18H22ClN5O.C17H18Cl2N2O/c19-13-8-22-15(24-18(20)21)12-7-10(5-6-11(12)13)16(25)23-14(17(26)27)9-3-1-2-4-9;1-10(11-4-2-3-5-11)23-17(25)12-6-7-13-14(8-12)16(24-18(20)21)22-9-15(13)19;1-10(11-4-2-3-5-11)21-17(22)12-6-7-13-14(8-12)16(19)20-9-15(13)18/h5-9,14H,1-4H2,(H,23,25)(H,26,27)(H4,20,21,22,24);6-11H,2-5H2,1H3,(H,23,25)(H4,20,21,22,24);6-11H,2-5H2,1H3,(H,21,22). The third-order valence-electron chi connectivity index (χ3n) is 14.0. The van der Waals surface area contributed by atoms with E-state index in [2.05, 4.69) is 54.7 Å². The molecule has 74 heavy (non-hydrogen) atoms. The first-order chi connectivity index (χ1) is 35.4. The molecule has 6 aromatic rings. The number of carboxylic acid groups (broad SMARTS) is 1. The second-order valence-corrected chi connectivity index (χ2v) is 20.6. The number of carbonyl (C=O) groups is 4. The molecule has 17 nitrogen and oxygen atoms in total. The number of aliphatic carboxylic acids is 1. The molecule has 0 bridgehead atoms. The van der Waals surface area contributed by atoms with Gasteiger partial charge in [0.25, 0.3) is 17.7 Å². The molecule has 0 saturated heterocycles. The van der Waals surface area contributed by atoms with E-state index < -0.39 is 17.9 Å². The van der Waals surface area contributed by atoms with Crippen molar-refractivity contribution in [2.45, 2.75) is 109 Å². The molecule has 390 valence electrons. The van der Waals surface area contributed by atoms with Gasteiger partial charge in [0.05, 0.1) is 15.1 Å². The molecule has 3 aliphatic rings. The molecule has 3 heterocycles. The number of halogens is 4. The largest absolute Gasteiger partial charge is 0.480 e. The van der Waals surface area contributed by atoms with Gasteiger partial charge in [-0.2, -0.15) is 9.98 Å². The number of nitrogens with zero attached hydrogens (tertiary/aromatic N) is 5. The molecule has 3 saturated carbocycles. The van der Waals surface area contributed by atoms with Crippen LogP contribution in [0.5, 0.6) is 0 Å². The first kappa shape index (κ1) is 55.2. The summed E-state index contributed by atoms with van der Waals surface area (Å²) in [5.41, 5.74) is 23.2. The maximum Gasteiger partial charge on any atom is 0.326 e. The van der Waals surface area contributed by atoms with Gasteiger partial charge in [0.2, 0.25) is 0 Å². The van der Waals surface area contributed by atoms with E-state index >= 15 is 0 Å². The highest BCUT2D eigenvalue weighted by atomic mass is 35.5. The predicted molar refractivity (Wildman–Crippen MR) is 295 cm³/mol. The second kappa shape index (κ2) is 25.1. The first-order valence-corrected chi connectivity index (χ1v) is 26.1. The van der Waals surface area contributed by atoms with Crippen molar-refractivity contribution < 1.29 is 24.3 Å². The topological polar surface area (TPSA) is 292 Å². The van der Waals surface area contributed by atoms with Crippen molar-refractivity contribution in [3.8, 4) is 0 Å². The Balaban J connectivity index is 0.000000163. The SMILES string of the molecule is CC(NC(=O)c1ccc2c(Cl)cnc(Cl)c2c1)C1CCCC1.CC(NC(=O)c1ccc2c(Cl)cnc(N=C(N)N)c2c1)C1CCCC1.NC(N)=Nc1ncc(Cl)c2ccc(C(=O)NC(C(=O)O)C3CCCC3)cc12. The number of fused-ring (bicyclic) bond motifs is 3. The molecule has 0 radical (unpaired) electrons. The minimum Gasteiger partial charge on any atom is -0.480 e. The Hall–Kier alpha value is -6.53. The van der Waals surface area contributed by atoms with Crippen LogP contribution in [0.3, 0.4) is 0 Å². The lowest BCUT2D eigenvalue weighted by Gasteiger charge is -2.20. The van der Waals surface area contributed by atoms with Gasteiger partial charge in [0.15, 0.2) is 23.6 Å². The molecule has 3 fully saturated rings. The maximum atomic E-state index is 12.7. The summed E-state index contributed by atoms with van der Waals surface area (Å²) in [5, 5.41) is 24.1. The molecule has 3 atom stereocenters. The van der Waals surface area contributed by atoms with Crippen LogP contribution in [0.2, 0.25) is 20.2 Å². The number of aliphatic imine (C=N–C) groups is 2. The fraction of sp³-hybridized carbons (Fsp3) is 0.377. The maximum absolute atomic E-state index is 12.7. The number of hydrogen-bond donors (Lipinski definition) is 8. The average Bonchev–Trinajstić information content (AvgIpc) is 4.22. The fourth-order valence-corrected chi connectivity index (χ4v) is 10.9. The van der Waals surface area contributed by atoms with Crippen LogP contribution < -0.4 is 38.9 Å². The van der Waals surface area contributed by atoms with Crippen LogP contribution in [0.25, 0.3) is 32.3 Å². The van der Waals surface area contributed by atoms with Gasteiger partial charge in [0.1, 0.15) is 11.2 Å². The van der Waals surface area contributed by atoms with E-state index in [0.29, 0.717) is 70.5 Å². The fourth-order valence-electron chi connectivity index (χ4n) is 10.0. The van der Waals surface area contributed by atoms with Crippen molar-refractivity contribution in [1.82, 2.24) is 30.9 Å². The number of nitrogens with two attached hydrogens (primary N) is 4. The Labute approximate surface area is 448 Å². The quantitative estimate of drug-likeness (QED) is 0.0323. The molecule has 3 aromatic carbocycles. The lowest BCUT2D eigenvalue weighted by Crippen LogP contribution is -2.45. The Morgan fingerprint density at radius 2 is 0.851 bits per heavy atom. The van der Waals surface area contributed by atoms with Crippen LogP contribution in [0.15, 0.2) is 83.2 Å². The van der Waals surface area contributed by atoms with Gasteiger partial charge in [-0.05, 0) is 107 Å². The van der Waals surface area contributed by atoms with Crippen molar-refractivity contribution in [3.05, 3.63) is 110 Å². The number of benzene rings is 3. The van der Waals surface area contributed by atoms with Gasteiger partial charge in [-0.1, -0.05) is 103 Å². The summed E-state index contributed by atoms with van der Waals surface area (Å²) in [7, 11) is 0. The van der Waals surface area contributed by atoms with Crippen LogP contribution in [-0.4, -0.2) is 73.8 Å². The molecule has 3 amide bonds. The summed E-state index contributed by atoms with van der Waals surface area (Å²) in [6.45, 7) is 4.15. The van der Waals surface area contributed by atoms with E-state index in [0.717, 1.165) is 36.5 Å². The summed E-state index contributed by atoms with van der Waals surface area (Å²) >= 11 is 24.6. The van der Waals surface area contributed by atoms with Crippen molar-refractivity contribution in [1.29, 1.82) is 0 Å². The molecular formula is C53H60Cl4N12O5. The predicted octanol–water partition coefficient (Wildman–Crippen LogP) is 10.1. The van der Waals surface area contributed by atoms with Crippen LogP contribution in [0.4, 0.5) is 11.6 Å². The zero-order valence-corrected chi connectivity index (χ0v) is 44.0. The lowest BCUT2D eigenvalue weighted by atomic mass is 9.97. The summed E-state index contributed by atoms with van der Waals surface area (Å²) in [4.78, 5) is 69.6. The highest BCUT2D eigenvalue weighted by Gasteiger charge is 2.32. The van der Waals surface area contributed by atoms with Gasteiger partial charge in [-0.25, -0.2) is 19.7 Å². The van der Waals surface area contributed by atoms with E-state index in [4.69, 9.17) is 69.3 Å². The number of guanidine groups is 2. The van der Waals surface area contributed by atoms with Gasteiger partial charge in [-0.3, -0.25) is 14.4 Å². The third-order valence-corrected chi connectivity index (χ3v) is 15.2. The van der Waals surface area contributed by atoms with Crippen LogP contribution in [-0.2, 0) is 4.79 Å². The molecular weight excluding hydrogens is 1030 g/mol. The molecule has 0 spiro atoms.